The number of benzene rings is 1. The Bertz CT molecular complexity index is 947. The standard InChI is InChI=1S/C21H24ClN5O4/c1-14(26-6-8-27(9-7-26)19-5-2-15(22)13-23-19)20(28)25-21(29)24-16-3-4-17-18(12-16)31-11-10-30-17/h2-5,12-14H,6-11H2,1H3,(H2,24,25,28,29). The minimum atomic E-state index is -0.586. The van der Waals surface area contributed by atoms with Crippen molar-refractivity contribution in [3.63, 3.8) is 0 Å². The smallest absolute Gasteiger partial charge is 0.325 e. The number of rotatable bonds is 4. The van der Waals surface area contributed by atoms with Gasteiger partial charge in [0, 0.05) is 44.1 Å². The Balaban J connectivity index is 1.26. The van der Waals surface area contributed by atoms with E-state index in [-0.39, 0.29) is 5.91 Å². The molecule has 31 heavy (non-hydrogen) atoms. The van der Waals surface area contributed by atoms with Crippen LogP contribution in [0.1, 0.15) is 6.92 Å². The number of anilines is 2. The molecule has 3 amide bonds. The van der Waals surface area contributed by atoms with Crippen LogP contribution in [0.3, 0.4) is 0 Å². The third kappa shape index (κ3) is 5.18. The van der Waals surface area contributed by atoms with Crippen LogP contribution in [0.2, 0.25) is 5.02 Å². The van der Waals surface area contributed by atoms with Gasteiger partial charge in [-0.1, -0.05) is 11.6 Å². The number of nitrogens with zero attached hydrogens (tertiary/aromatic N) is 3. The number of carbonyl (C=O) groups is 2. The fraction of sp³-hybridized carbons (Fsp3) is 0.381. The Morgan fingerprint density at radius 2 is 1.81 bits per heavy atom. The van der Waals surface area contributed by atoms with Gasteiger partial charge in [0.1, 0.15) is 19.0 Å². The van der Waals surface area contributed by atoms with Crippen LogP contribution in [0.25, 0.3) is 0 Å². The molecule has 1 saturated heterocycles. The van der Waals surface area contributed by atoms with Crippen molar-refractivity contribution in [2.75, 3.05) is 49.6 Å². The van der Waals surface area contributed by atoms with E-state index >= 15 is 0 Å². The normalized spacial score (nSPS) is 17.0. The molecule has 0 aliphatic carbocycles. The molecule has 4 rings (SSSR count). The number of imide groups is 1. The third-order valence-corrected chi connectivity index (χ3v) is 5.54. The Kier molecular flexibility index (Phi) is 6.43. The SMILES string of the molecule is CC(C(=O)NC(=O)Nc1ccc2c(c1)OCCO2)N1CCN(c2ccc(Cl)cn2)CC1. The van der Waals surface area contributed by atoms with E-state index in [4.69, 9.17) is 21.1 Å². The molecule has 1 fully saturated rings. The number of hydrogen-bond acceptors (Lipinski definition) is 7. The summed E-state index contributed by atoms with van der Waals surface area (Å²) in [5.41, 5.74) is 0.520. The second-order valence-electron chi connectivity index (χ2n) is 7.34. The van der Waals surface area contributed by atoms with Gasteiger partial charge in [0.05, 0.1) is 11.1 Å². The van der Waals surface area contributed by atoms with Gasteiger partial charge in [0.25, 0.3) is 0 Å². The van der Waals surface area contributed by atoms with Crippen molar-refractivity contribution < 1.29 is 19.1 Å². The van der Waals surface area contributed by atoms with Crippen LogP contribution in [0, 0.1) is 0 Å². The molecule has 1 atom stereocenters. The molecule has 2 aliphatic heterocycles. The van der Waals surface area contributed by atoms with Gasteiger partial charge in [0.2, 0.25) is 5.91 Å². The molecule has 2 aliphatic rings. The van der Waals surface area contributed by atoms with E-state index in [9.17, 15) is 9.59 Å². The first kappa shape index (κ1) is 21.2. The zero-order valence-electron chi connectivity index (χ0n) is 17.1. The number of pyridine rings is 1. The first-order valence-corrected chi connectivity index (χ1v) is 10.5. The highest BCUT2D eigenvalue weighted by Crippen LogP contribution is 2.32. The third-order valence-electron chi connectivity index (χ3n) is 5.31. The molecular formula is C21H24ClN5O4. The highest BCUT2D eigenvalue weighted by molar-refractivity contribution is 6.30. The summed E-state index contributed by atoms with van der Waals surface area (Å²) in [6.07, 6.45) is 1.62. The number of aromatic nitrogens is 1. The van der Waals surface area contributed by atoms with Crippen molar-refractivity contribution in [3.05, 3.63) is 41.6 Å². The Morgan fingerprint density at radius 1 is 1.06 bits per heavy atom. The molecule has 0 spiro atoms. The summed E-state index contributed by atoms with van der Waals surface area (Å²) in [6, 6.07) is 7.77. The average molecular weight is 446 g/mol. The van der Waals surface area contributed by atoms with Crippen molar-refractivity contribution in [3.8, 4) is 11.5 Å². The summed E-state index contributed by atoms with van der Waals surface area (Å²) < 4.78 is 11.0. The highest BCUT2D eigenvalue weighted by Gasteiger charge is 2.27. The molecule has 3 heterocycles. The number of carbonyl (C=O) groups excluding carboxylic acids is 2. The number of piperazine rings is 1. The molecule has 1 aromatic heterocycles. The van der Waals surface area contributed by atoms with Crippen LogP contribution >= 0.6 is 11.6 Å². The molecule has 0 saturated carbocycles. The van der Waals surface area contributed by atoms with Crippen molar-refractivity contribution >= 4 is 35.0 Å². The van der Waals surface area contributed by atoms with Crippen LogP contribution in [-0.4, -0.2) is 67.3 Å². The van der Waals surface area contributed by atoms with Gasteiger partial charge in [-0.05, 0) is 31.2 Å². The van der Waals surface area contributed by atoms with E-state index in [1.54, 1.807) is 31.3 Å². The van der Waals surface area contributed by atoms with Gasteiger partial charge in [-0.2, -0.15) is 0 Å². The number of amides is 3. The lowest BCUT2D eigenvalue weighted by molar-refractivity contribution is -0.124. The summed E-state index contributed by atoms with van der Waals surface area (Å²) in [6.45, 7) is 5.58. The largest absolute Gasteiger partial charge is 0.486 e. The van der Waals surface area contributed by atoms with E-state index in [1.807, 2.05) is 17.0 Å². The topological polar surface area (TPSA) is 96.0 Å². The molecule has 1 unspecified atom stereocenters. The Labute approximate surface area is 185 Å². The molecule has 164 valence electrons. The van der Waals surface area contributed by atoms with E-state index in [0.717, 1.165) is 18.9 Å². The van der Waals surface area contributed by atoms with Crippen LogP contribution in [0.15, 0.2) is 36.5 Å². The van der Waals surface area contributed by atoms with Crippen LogP contribution in [0.5, 0.6) is 11.5 Å². The lowest BCUT2D eigenvalue weighted by Crippen LogP contribution is -2.55. The maximum absolute atomic E-state index is 12.6. The zero-order chi connectivity index (χ0) is 21.8. The second-order valence-corrected chi connectivity index (χ2v) is 7.77. The predicted octanol–water partition coefficient (Wildman–Crippen LogP) is 2.37. The van der Waals surface area contributed by atoms with E-state index in [2.05, 4.69) is 20.5 Å². The lowest BCUT2D eigenvalue weighted by Gasteiger charge is -2.37. The second kappa shape index (κ2) is 9.40. The fourth-order valence-electron chi connectivity index (χ4n) is 3.56. The first-order chi connectivity index (χ1) is 15.0. The molecule has 2 N–H and O–H groups in total. The number of hydrogen-bond donors (Lipinski definition) is 2. The summed E-state index contributed by atoms with van der Waals surface area (Å²) in [7, 11) is 0. The van der Waals surface area contributed by atoms with Crippen LogP contribution in [0.4, 0.5) is 16.3 Å². The van der Waals surface area contributed by atoms with Gasteiger partial charge < -0.3 is 19.7 Å². The van der Waals surface area contributed by atoms with Gasteiger partial charge >= 0.3 is 6.03 Å². The van der Waals surface area contributed by atoms with Crippen molar-refractivity contribution in [1.29, 1.82) is 0 Å². The molecule has 10 heteroatoms. The number of nitrogens with one attached hydrogen (secondary N) is 2. The van der Waals surface area contributed by atoms with E-state index < -0.39 is 12.1 Å². The molecular weight excluding hydrogens is 422 g/mol. The monoisotopic (exact) mass is 445 g/mol. The summed E-state index contributed by atoms with van der Waals surface area (Å²) in [5, 5.41) is 5.67. The van der Waals surface area contributed by atoms with Crippen molar-refractivity contribution in [1.82, 2.24) is 15.2 Å². The van der Waals surface area contributed by atoms with Crippen LogP contribution < -0.4 is 25.0 Å². The number of halogens is 1. The van der Waals surface area contributed by atoms with Crippen molar-refractivity contribution in [2.45, 2.75) is 13.0 Å². The number of urea groups is 1. The van der Waals surface area contributed by atoms with E-state index in [0.29, 0.717) is 48.5 Å². The summed E-state index contributed by atoms with van der Waals surface area (Å²) >= 11 is 5.90. The molecule has 9 nitrogen and oxygen atoms in total. The molecule has 2 aromatic rings. The van der Waals surface area contributed by atoms with Gasteiger partial charge in [-0.25, -0.2) is 9.78 Å². The Hall–Kier alpha value is -3.04. The maximum atomic E-state index is 12.6. The van der Waals surface area contributed by atoms with Gasteiger partial charge in [-0.3, -0.25) is 15.0 Å². The zero-order valence-corrected chi connectivity index (χ0v) is 17.9. The minimum Gasteiger partial charge on any atom is -0.486 e. The quantitative estimate of drug-likeness (QED) is 0.745. The predicted molar refractivity (Wildman–Crippen MR) is 117 cm³/mol. The number of ether oxygens (including phenoxy) is 2. The van der Waals surface area contributed by atoms with Gasteiger partial charge in [0.15, 0.2) is 11.5 Å². The molecule has 1 aromatic carbocycles. The minimum absolute atomic E-state index is 0.354. The fourth-order valence-corrected chi connectivity index (χ4v) is 3.67. The summed E-state index contributed by atoms with van der Waals surface area (Å²) in [4.78, 5) is 33.4. The van der Waals surface area contributed by atoms with Crippen LogP contribution in [-0.2, 0) is 4.79 Å². The Morgan fingerprint density at radius 3 is 2.52 bits per heavy atom. The van der Waals surface area contributed by atoms with Crippen molar-refractivity contribution in [2.24, 2.45) is 0 Å². The first-order valence-electron chi connectivity index (χ1n) is 10.1. The highest BCUT2D eigenvalue weighted by atomic mass is 35.5. The van der Waals surface area contributed by atoms with E-state index in [1.165, 1.54) is 0 Å². The molecule has 0 radical (unpaired) electrons. The lowest BCUT2D eigenvalue weighted by atomic mass is 10.2. The average Bonchev–Trinajstić information content (AvgIpc) is 2.79. The number of fused-ring (bicyclic) bond motifs is 1. The maximum Gasteiger partial charge on any atom is 0.325 e. The molecule has 0 bridgehead atoms. The van der Waals surface area contributed by atoms with Gasteiger partial charge in [-0.15, -0.1) is 0 Å². The summed E-state index contributed by atoms with van der Waals surface area (Å²) in [5.74, 6) is 1.71.